The van der Waals surface area contributed by atoms with Gasteiger partial charge >= 0.3 is 24.4 Å². The number of amides is 1. The smallest absolute Gasteiger partial charge is 0.416 e. The van der Waals surface area contributed by atoms with Gasteiger partial charge in [0, 0.05) is 20.0 Å². The van der Waals surface area contributed by atoms with Gasteiger partial charge in [-0.15, -0.1) is 0 Å². The molecule has 1 aromatic carbocycles. The monoisotopic (exact) mass is 740 g/mol. The Kier molecular flexibility index (Phi) is 15.2. The number of carbonyl (C=O) groups excluding carboxylic acids is 2. The predicted molar refractivity (Wildman–Crippen MR) is 169 cm³/mol. The first-order valence-corrected chi connectivity index (χ1v) is 16.5. The highest BCUT2D eigenvalue weighted by Gasteiger charge is 2.43. The van der Waals surface area contributed by atoms with Crippen molar-refractivity contribution in [1.82, 2.24) is 14.9 Å². The summed E-state index contributed by atoms with van der Waals surface area (Å²) in [7, 11) is 0. The zero-order valence-electron chi connectivity index (χ0n) is 27.5. The van der Waals surface area contributed by atoms with Crippen molar-refractivity contribution in [2.45, 2.75) is 105 Å². The lowest BCUT2D eigenvalue weighted by Crippen LogP contribution is -2.35. The first kappa shape index (κ1) is 40.1. The normalized spacial score (nSPS) is 18.4. The van der Waals surface area contributed by atoms with Crippen LogP contribution in [-0.2, 0) is 33.2 Å². The number of halogens is 7. The summed E-state index contributed by atoms with van der Waals surface area (Å²) in [6, 6.07) is 0.378. The maximum Gasteiger partial charge on any atom is 0.416 e. The Morgan fingerprint density at radius 1 is 1.04 bits per heavy atom. The summed E-state index contributed by atoms with van der Waals surface area (Å²) in [6.07, 6.45) is -4.87. The summed E-state index contributed by atoms with van der Waals surface area (Å²) in [4.78, 5) is 35.1. The van der Waals surface area contributed by atoms with Crippen molar-refractivity contribution in [2.75, 3.05) is 24.6 Å². The van der Waals surface area contributed by atoms with Crippen LogP contribution in [0.2, 0.25) is 0 Å². The number of benzene rings is 1. The standard InChI is InChI=1S/C26H29BrF6N4O2.C4H8O2.C2H6/c1-3-36(13-16-7-5-4-6-8-16)23-20(35-21(27)12-34-23)14-37-15(2)22(39-24(37)38)17-9-18(25(28,29)30)11-19(10-17)26(31,32)33;1-3-6-4(2)5;1-2/h9-12,15-16,22H,3-8,13-14H2,1-2H3;3H2,1-2H3;1-2H3. The zero-order valence-corrected chi connectivity index (χ0v) is 29.1. The highest BCUT2D eigenvalue weighted by atomic mass is 79.9. The molecule has 4 rings (SSSR count). The van der Waals surface area contributed by atoms with Crippen LogP contribution in [0.4, 0.5) is 37.0 Å². The first-order chi connectivity index (χ1) is 22.0. The third-order valence-electron chi connectivity index (χ3n) is 7.68. The molecule has 15 heteroatoms. The SMILES string of the molecule is CC.CCN(CC1CCCCC1)c1ncc(Br)nc1CN1C(=O)OC(c2cc(C(F)(F)F)cc(C(F)(F)F)c2)C1C.CCOC(C)=O. The Morgan fingerprint density at radius 3 is 2.09 bits per heavy atom. The van der Waals surface area contributed by atoms with Crippen LogP contribution in [0.3, 0.4) is 0 Å². The van der Waals surface area contributed by atoms with Gasteiger partial charge in [-0.2, -0.15) is 26.3 Å². The molecular weight excluding hydrogens is 698 g/mol. The second-order valence-corrected chi connectivity index (χ2v) is 11.8. The predicted octanol–water partition coefficient (Wildman–Crippen LogP) is 9.36. The molecule has 1 amide bonds. The van der Waals surface area contributed by atoms with Gasteiger partial charge in [-0.05, 0) is 79.2 Å². The molecule has 2 fully saturated rings. The summed E-state index contributed by atoms with van der Waals surface area (Å²) in [5.74, 6) is 0.867. The highest BCUT2D eigenvalue weighted by Crippen LogP contribution is 2.41. The molecule has 2 aliphatic rings. The van der Waals surface area contributed by atoms with E-state index in [2.05, 4.69) is 35.5 Å². The number of anilines is 1. The fraction of sp³-hybridized carbons (Fsp3) is 0.625. The number of esters is 1. The van der Waals surface area contributed by atoms with Gasteiger partial charge in [-0.1, -0.05) is 33.1 Å². The molecule has 0 spiro atoms. The van der Waals surface area contributed by atoms with Gasteiger partial charge in [-0.25, -0.2) is 14.8 Å². The molecular formula is C32H43BrF6N4O4. The lowest BCUT2D eigenvalue weighted by atomic mass is 9.89. The maximum atomic E-state index is 13.4. The molecule has 2 aromatic rings. The number of carbonyl (C=O) groups is 2. The summed E-state index contributed by atoms with van der Waals surface area (Å²) in [6.45, 7) is 12.5. The second-order valence-electron chi connectivity index (χ2n) is 10.9. The molecule has 1 saturated heterocycles. The maximum absolute atomic E-state index is 13.4. The summed E-state index contributed by atoms with van der Waals surface area (Å²) in [5.41, 5.74) is -2.86. The van der Waals surface area contributed by atoms with Gasteiger partial charge in [0.2, 0.25) is 0 Å². The largest absolute Gasteiger partial charge is 0.466 e. The van der Waals surface area contributed by atoms with E-state index in [4.69, 9.17) is 4.74 Å². The third-order valence-corrected chi connectivity index (χ3v) is 8.06. The Bertz CT molecular complexity index is 1290. The lowest BCUT2D eigenvalue weighted by molar-refractivity contribution is -0.143. The van der Waals surface area contributed by atoms with Crippen molar-refractivity contribution in [3.63, 3.8) is 0 Å². The average molecular weight is 742 g/mol. The van der Waals surface area contributed by atoms with E-state index in [1.165, 1.54) is 38.0 Å². The fourth-order valence-corrected chi connectivity index (χ4v) is 5.80. The molecule has 2 heterocycles. The second kappa shape index (κ2) is 17.9. The van der Waals surface area contributed by atoms with Gasteiger partial charge in [0.25, 0.3) is 0 Å². The third kappa shape index (κ3) is 11.5. The number of alkyl halides is 6. The summed E-state index contributed by atoms with van der Waals surface area (Å²) in [5, 5.41) is 0. The van der Waals surface area contributed by atoms with Gasteiger partial charge in [0.15, 0.2) is 5.82 Å². The van der Waals surface area contributed by atoms with E-state index in [1.807, 2.05) is 20.8 Å². The van der Waals surface area contributed by atoms with Crippen LogP contribution < -0.4 is 4.90 Å². The molecule has 47 heavy (non-hydrogen) atoms. The minimum absolute atomic E-state index is 0.0533. The lowest BCUT2D eigenvalue weighted by Gasteiger charge is -2.31. The first-order valence-electron chi connectivity index (χ1n) is 15.7. The van der Waals surface area contributed by atoms with Gasteiger partial charge in [0.1, 0.15) is 16.4 Å². The van der Waals surface area contributed by atoms with E-state index in [1.54, 1.807) is 13.1 Å². The van der Waals surface area contributed by atoms with Crippen LogP contribution >= 0.6 is 15.9 Å². The highest BCUT2D eigenvalue weighted by molar-refractivity contribution is 9.10. The number of ether oxygens (including phenoxy) is 2. The Labute approximate surface area is 280 Å². The molecule has 2 unspecified atom stereocenters. The van der Waals surface area contributed by atoms with Crippen LogP contribution in [-0.4, -0.2) is 52.7 Å². The topological polar surface area (TPSA) is 84.9 Å². The van der Waals surface area contributed by atoms with Crippen molar-refractivity contribution in [3.05, 3.63) is 51.4 Å². The van der Waals surface area contributed by atoms with E-state index >= 15 is 0 Å². The number of aromatic nitrogens is 2. The summed E-state index contributed by atoms with van der Waals surface area (Å²) < 4.78 is 90.6. The molecule has 0 N–H and O–H groups in total. The van der Waals surface area contributed by atoms with E-state index in [9.17, 15) is 35.9 Å². The molecule has 8 nitrogen and oxygen atoms in total. The molecule has 264 valence electrons. The van der Waals surface area contributed by atoms with E-state index in [0.29, 0.717) is 47.3 Å². The van der Waals surface area contributed by atoms with Crippen LogP contribution in [0.5, 0.6) is 0 Å². The fourth-order valence-electron chi connectivity index (χ4n) is 5.48. The zero-order chi connectivity index (χ0) is 35.5. The Balaban J connectivity index is 0.000000863. The minimum atomic E-state index is -5.01. The van der Waals surface area contributed by atoms with E-state index < -0.39 is 41.7 Å². The summed E-state index contributed by atoms with van der Waals surface area (Å²) >= 11 is 3.31. The minimum Gasteiger partial charge on any atom is -0.466 e. The number of nitrogens with zero attached hydrogens (tertiary/aromatic N) is 4. The van der Waals surface area contributed by atoms with Crippen LogP contribution in [0.25, 0.3) is 0 Å². The average Bonchev–Trinajstić information content (AvgIpc) is 3.29. The van der Waals surface area contributed by atoms with E-state index in [0.717, 1.165) is 19.4 Å². The van der Waals surface area contributed by atoms with Gasteiger partial charge < -0.3 is 14.4 Å². The van der Waals surface area contributed by atoms with Crippen molar-refractivity contribution in [2.24, 2.45) is 5.92 Å². The number of hydrogen-bond donors (Lipinski definition) is 0. The molecule has 0 bridgehead atoms. The van der Waals surface area contributed by atoms with Gasteiger partial charge in [-0.3, -0.25) is 9.69 Å². The molecule has 0 radical (unpaired) electrons. The quantitative estimate of drug-likeness (QED) is 0.197. The van der Waals surface area contributed by atoms with Crippen molar-refractivity contribution >= 4 is 33.8 Å². The molecule has 1 aromatic heterocycles. The number of rotatable bonds is 8. The van der Waals surface area contributed by atoms with Crippen molar-refractivity contribution in [1.29, 1.82) is 0 Å². The molecule has 1 aliphatic heterocycles. The molecule has 1 aliphatic carbocycles. The van der Waals surface area contributed by atoms with Gasteiger partial charge in [0.05, 0.1) is 36.5 Å². The molecule has 2 atom stereocenters. The number of cyclic esters (lactones) is 1. The molecule has 1 saturated carbocycles. The van der Waals surface area contributed by atoms with Crippen LogP contribution in [0, 0.1) is 5.92 Å². The Morgan fingerprint density at radius 2 is 1.62 bits per heavy atom. The van der Waals surface area contributed by atoms with Crippen molar-refractivity contribution in [3.8, 4) is 0 Å². The van der Waals surface area contributed by atoms with Crippen LogP contribution in [0.1, 0.15) is 102 Å². The van der Waals surface area contributed by atoms with Crippen molar-refractivity contribution < 1.29 is 45.4 Å². The van der Waals surface area contributed by atoms with E-state index in [-0.39, 0.29) is 24.1 Å². The number of hydrogen-bond acceptors (Lipinski definition) is 7. The van der Waals surface area contributed by atoms with Crippen LogP contribution in [0.15, 0.2) is 29.0 Å². The Hall–Kier alpha value is -3.10.